The van der Waals surface area contributed by atoms with Crippen LogP contribution < -0.4 is 10.2 Å². The third kappa shape index (κ3) is 4.25. The van der Waals surface area contributed by atoms with Crippen molar-refractivity contribution < 1.29 is 9.59 Å². The molecule has 4 nitrogen and oxygen atoms in total. The summed E-state index contributed by atoms with van der Waals surface area (Å²) in [7, 11) is 0. The maximum Gasteiger partial charge on any atom is 0.319 e. The lowest BCUT2D eigenvalue weighted by molar-refractivity contribution is -0.134. The van der Waals surface area contributed by atoms with Crippen LogP contribution in [0, 0.1) is 6.92 Å². The minimum absolute atomic E-state index is 0.523. The van der Waals surface area contributed by atoms with Crippen molar-refractivity contribution in [2.45, 2.75) is 22.8 Å². The summed E-state index contributed by atoms with van der Waals surface area (Å²) >= 11 is 3.12. The molecule has 0 spiro atoms. The molecule has 30 heavy (non-hydrogen) atoms. The van der Waals surface area contributed by atoms with E-state index in [0.717, 1.165) is 22.4 Å². The van der Waals surface area contributed by atoms with Gasteiger partial charge in [-0.15, -0.1) is 0 Å². The molecule has 0 aliphatic carbocycles. The fourth-order valence-corrected chi connectivity index (χ4v) is 6.07. The average Bonchev–Trinajstić information content (AvgIpc) is 3.03. The minimum Gasteiger partial charge on any atom is -0.307 e. The molecule has 152 valence electrons. The van der Waals surface area contributed by atoms with Crippen molar-refractivity contribution in [2.24, 2.45) is 0 Å². The van der Waals surface area contributed by atoms with E-state index >= 15 is 0 Å². The largest absolute Gasteiger partial charge is 0.319 e. The van der Waals surface area contributed by atoms with Crippen LogP contribution in [-0.4, -0.2) is 16.1 Å². The number of nitrogens with zero attached hydrogens (tertiary/aromatic N) is 1. The third-order valence-electron chi connectivity index (χ3n) is 4.87. The van der Waals surface area contributed by atoms with Crippen LogP contribution in [0.2, 0.25) is 0 Å². The molecule has 0 aromatic heterocycles. The first kappa shape index (κ1) is 20.6. The maximum atomic E-state index is 13.0. The van der Waals surface area contributed by atoms with E-state index in [4.69, 9.17) is 0 Å². The molecule has 0 saturated carbocycles. The van der Waals surface area contributed by atoms with Crippen LogP contribution in [0.15, 0.2) is 84.9 Å². The monoisotopic (exact) mass is 434 g/mol. The van der Waals surface area contributed by atoms with E-state index in [1.54, 1.807) is 28.4 Å². The Morgan fingerprint density at radius 3 is 1.80 bits per heavy atom. The summed E-state index contributed by atoms with van der Waals surface area (Å²) in [5.74, 6) is 0.238. The number of carbonyl (C=O) groups excluding carboxylic acids is 2. The zero-order chi connectivity index (χ0) is 21.0. The minimum atomic E-state index is -0.925. The van der Waals surface area contributed by atoms with E-state index in [-0.39, 0.29) is 0 Å². The Hall–Kier alpha value is -2.70. The normalized spacial score (nSPS) is 15.3. The van der Waals surface area contributed by atoms with Gasteiger partial charge in [-0.3, -0.25) is 14.5 Å². The van der Waals surface area contributed by atoms with E-state index in [9.17, 15) is 9.59 Å². The Kier molecular flexibility index (Phi) is 6.16. The molecule has 1 aliphatic heterocycles. The van der Waals surface area contributed by atoms with Gasteiger partial charge in [0.2, 0.25) is 4.33 Å². The molecule has 1 fully saturated rings. The fraction of sp³-hybridized carbons (Fsp3) is 0.167. The summed E-state index contributed by atoms with van der Waals surface area (Å²) in [6, 6.07) is 27.9. The van der Waals surface area contributed by atoms with Crippen molar-refractivity contribution in [2.75, 3.05) is 4.90 Å². The van der Waals surface area contributed by atoms with Gasteiger partial charge in [-0.2, -0.15) is 0 Å². The molecule has 1 heterocycles. The number of hydrogen-bond acceptors (Lipinski definition) is 4. The second kappa shape index (κ2) is 8.98. The molecule has 4 rings (SSSR count). The Morgan fingerprint density at radius 2 is 1.27 bits per heavy atom. The van der Waals surface area contributed by atoms with Gasteiger partial charge in [0.1, 0.15) is 0 Å². The average molecular weight is 435 g/mol. The number of carbonyl (C=O) groups is 2. The van der Waals surface area contributed by atoms with E-state index in [1.165, 1.54) is 0 Å². The Labute approximate surface area is 185 Å². The smallest absolute Gasteiger partial charge is 0.307 e. The fourth-order valence-electron chi connectivity index (χ4n) is 3.32. The topological polar surface area (TPSA) is 49.4 Å². The van der Waals surface area contributed by atoms with Gasteiger partial charge < -0.3 is 5.32 Å². The molecule has 0 unspecified atom stereocenters. The Morgan fingerprint density at radius 1 is 0.767 bits per heavy atom. The molecule has 0 radical (unpaired) electrons. The van der Waals surface area contributed by atoms with E-state index in [0.29, 0.717) is 11.5 Å². The molecule has 1 N–H and O–H groups in total. The zero-order valence-corrected chi connectivity index (χ0v) is 18.2. The Balaban J connectivity index is 1.70. The summed E-state index contributed by atoms with van der Waals surface area (Å²) in [5.41, 5.74) is 3.98. The molecule has 0 atom stereocenters. The van der Waals surface area contributed by atoms with Crippen molar-refractivity contribution in [1.29, 1.82) is 0 Å². The molecule has 1 aliphatic rings. The van der Waals surface area contributed by atoms with Crippen molar-refractivity contribution in [1.82, 2.24) is 5.32 Å². The summed E-state index contributed by atoms with van der Waals surface area (Å²) in [5, 5.41) is 3.00. The van der Waals surface area contributed by atoms with Gasteiger partial charge >= 0.3 is 11.8 Å². The first-order valence-electron chi connectivity index (χ1n) is 9.67. The molecule has 0 bridgehead atoms. The van der Waals surface area contributed by atoms with Crippen molar-refractivity contribution in [3.05, 3.63) is 102 Å². The van der Waals surface area contributed by atoms with Gasteiger partial charge in [0, 0.05) is 11.5 Å². The highest BCUT2D eigenvalue weighted by Gasteiger charge is 2.52. The number of hydrogen-bond donors (Lipinski definition) is 1. The van der Waals surface area contributed by atoms with Crippen molar-refractivity contribution in [3.8, 4) is 0 Å². The van der Waals surface area contributed by atoms with Crippen LogP contribution in [0.1, 0.15) is 16.7 Å². The van der Waals surface area contributed by atoms with Crippen LogP contribution in [0.25, 0.3) is 0 Å². The van der Waals surface area contributed by atoms with E-state index in [1.807, 2.05) is 67.6 Å². The lowest BCUT2D eigenvalue weighted by Crippen LogP contribution is -2.47. The SMILES string of the molecule is Cc1ccccc1N1C(=O)C(=O)NC1(SCc1ccccc1)SCc1ccccc1. The predicted molar refractivity (Wildman–Crippen MR) is 125 cm³/mol. The van der Waals surface area contributed by atoms with Gasteiger partial charge in [0.25, 0.3) is 0 Å². The van der Waals surface area contributed by atoms with Crippen LogP contribution >= 0.6 is 23.5 Å². The summed E-state index contributed by atoms with van der Waals surface area (Å²) < 4.78 is -0.925. The second-order valence-corrected chi connectivity index (χ2v) is 9.61. The van der Waals surface area contributed by atoms with Gasteiger partial charge in [0.15, 0.2) is 0 Å². The van der Waals surface area contributed by atoms with Crippen molar-refractivity contribution >= 4 is 41.0 Å². The maximum absolute atomic E-state index is 13.0. The van der Waals surface area contributed by atoms with Gasteiger partial charge in [-0.1, -0.05) is 102 Å². The number of amides is 2. The summed E-state index contributed by atoms with van der Waals surface area (Å²) in [4.78, 5) is 27.2. The molecular weight excluding hydrogens is 412 g/mol. The second-order valence-electron chi connectivity index (χ2n) is 7.01. The number of benzene rings is 3. The van der Waals surface area contributed by atoms with Gasteiger partial charge in [0.05, 0.1) is 5.69 Å². The number of para-hydroxylation sites is 1. The predicted octanol–water partition coefficient (Wildman–Crippen LogP) is 4.94. The molecule has 6 heteroatoms. The zero-order valence-electron chi connectivity index (χ0n) is 16.6. The van der Waals surface area contributed by atoms with Crippen LogP contribution in [0.3, 0.4) is 0 Å². The molecule has 1 saturated heterocycles. The number of aryl methyl sites for hydroxylation is 1. The number of anilines is 1. The lowest BCUT2D eigenvalue weighted by Gasteiger charge is -2.37. The quantitative estimate of drug-likeness (QED) is 0.423. The van der Waals surface area contributed by atoms with E-state index in [2.05, 4.69) is 29.6 Å². The number of thioether (sulfide) groups is 2. The highest BCUT2D eigenvalue weighted by Crippen LogP contribution is 2.47. The lowest BCUT2D eigenvalue weighted by atomic mass is 10.2. The van der Waals surface area contributed by atoms with Crippen LogP contribution in [0.4, 0.5) is 5.69 Å². The molecule has 2 amide bonds. The van der Waals surface area contributed by atoms with Crippen LogP contribution in [0.5, 0.6) is 0 Å². The highest BCUT2D eigenvalue weighted by atomic mass is 32.2. The standard InChI is InChI=1S/C24H22N2O2S2/c1-18-10-8-9-15-21(18)26-23(28)22(27)25-24(26,29-16-19-11-4-2-5-12-19)30-17-20-13-6-3-7-14-20/h2-15H,16-17H2,1H3,(H,25,27). The van der Waals surface area contributed by atoms with E-state index < -0.39 is 16.1 Å². The highest BCUT2D eigenvalue weighted by molar-refractivity contribution is 8.17. The van der Waals surface area contributed by atoms with Crippen molar-refractivity contribution in [3.63, 3.8) is 0 Å². The van der Waals surface area contributed by atoms with Gasteiger partial charge in [-0.25, -0.2) is 0 Å². The third-order valence-corrected chi connectivity index (χ3v) is 7.89. The first-order valence-corrected chi connectivity index (χ1v) is 11.6. The first-order chi connectivity index (χ1) is 14.6. The Bertz CT molecular complexity index is 998. The summed E-state index contributed by atoms with van der Waals surface area (Å²) in [6.45, 7) is 1.96. The number of rotatable bonds is 7. The molecule has 3 aromatic carbocycles. The van der Waals surface area contributed by atoms with Crippen LogP contribution in [-0.2, 0) is 21.1 Å². The van der Waals surface area contributed by atoms with Gasteiger partial charge in [-0.05, 0) is 29.7 Å². The molecular formula is C24H22N2O2S2. The number of nitrogens with one attached hydrogen (secondary N) is 1. The molecule has 3 aromatic rings. The summed E-state index contributed by atoms with van der Waals surface area (Å²) in [6.07, 6.45) is 0.